The van der Waals surface area contributed by atoms with Gasteiger partial charge in [0.15, 0.2) is 6.71 Å². The summed E-state index contributed by atoms with van der Waals surface area (Å²) in [6.07, 6.45) is 7.21. The van der Waals surface area contributed by atoms with Gasteiger partial charge < -0.3 is 0 Å². The first kappa shape index (κ1) is 9.58. The van der Waals surface area contributed by atoms with Crippen LogP contribution in [-0.2, 0) is 0 Å². The predicted molar refractivity (Wildman–Crippen MR) is 64.9 cm³/mol. The highest BCUT2D eigenvalue weighted by molar-refractivity contribution is 6.61. The molecule has 1 aromatic carbocycles. The third kappa shape index (κ3) is 1.52. The van der Waals surface area contributed by atoms with E-state index in [4.69, 9.17) is 0 Å². The molecule has 0 spiro atoms. The zero-order chi connectivity index (χ0) is 9.97. The van der Waals surface area contributed by atoms with E-state index >= 15 is 0 Å². The standard InChI is InChI=1S/C13H17B/c1-3-14(4-2)13-10-9-11-7-5-6-8-12(11)13/h5-10,13H,3-4H2,1-2H3. The Morgan fingerprint density at radius 2 is 1.86 bits per heavy atom. The lowest BCUT2D eigenvalue weighted by molar-refractivity contribution is 1.13. The molecule has 1 atom stereocenters. The van der Waals surface area contributed by atoms with E-state index in [0.717, 1.165) is 6.71 Å². The van der Waals surface area contributed by atoms with Gasteiger partial charge in [-0.05, 0) is 16.9 Å². The fraction of sp³-hybridized carbons (Fsp3) is 0.385. The SMILES string of the molecule is CCB(CC)C1C=Cc2ccccc21. The Morgan fingerprint density at radius 1 is 1.14 bits per heavy atom. The molecule has 0 saturated heterocycles. The van der Waals surface area contributed by atoms with Gasteiger partial charge in [-0.25, -0.2) is 0 Å². The summed E-state index contributed by atoms with van der Waals surface area (Å²) in [6.45, 7) is 5.40. The molecule has 0 aliphatic heterocycles. The minimum atomic E-state index is 0.668. The van der Waals surface area contributed by atoms with Crippen LogP contribution in [0, 0.1) is 0 Å². The molecule has 0 fully saturated rings. The van der Waals surface area contributed by atoms with Crippen molar-refractivity contribution in [3.8, 4) is 0 Å². The summed E-state index contributed by atoms with van der Waals surface area (Å²) in [5.74, 6) is 0.668. The summed E-state index contributed by atoms with van der Waals surface area (Å²) in [7, 11) is 0. The highest BCUT2D eigenvalue weighted by atomic mass is 14.1. The highest BCUT2D eigenvalue weighted by Crippen LogP contribution is 2.33. The molecule has 1 aromatic rings. The molecule has 0 N–H and O–H groups in total. The molecule has 0 amide bonds. The maximum Gasteiger partial charge on any atom is 0.152 e. The van der Waals surface area contributed by atoms with Gasteiger partial charge in [-0.1, -0.05) is 62.9 Å². The maximum absolute atomic E-state index is 2.38. The van der Waals surface area contributed by atoms with Gasteiger partial charge in [0.05, 0.1) is 0 Å². The molecule has 0 radical (unpaired) electrons. The van der Waals surface area contributed by atoms with Crippen molar-refractivity contribution in [1.29, 1.82) is 0 Å². The van der Waals surface area contributed by atoms with E-state index in [-0.39, 0.29) is 0 Å². The third-order valence-corrected chi connectivity index (χ3v) is 3.39. The Hall–Kier alpha value is -0.975. The second kappa shape index (κ2) is 4.04. The average molecular weight is 184 g/mol. The quantitative estimate of drug-likeness (QED) is 0.625. The number of hydrogen-bond acceptors (Lipinski definition) is 0. The number of allylic oxidation sites excluding steroid dienone is 1. The molecule has 1 aliphatic rings. The first-order chi connectivity index (χ1) is 6.86. The average Bonchev–Trinajstić information content (AvgIpc) is 2.65. The molecular formula is C13H17B. The lowest BCUT2D eigenvalue weighted by Crippen LogP contribution is -2.18. The van der Waals surface area contributed by atoms with E-state index in [2.05, 4.69) is 50.3 Å². The molecular weight excluding hydrogens is 167 g/mol. The Kier molecular flexibility index (Phi) is 2.76. The van der Waals surface area contributed by atoms with Crippen LogP contribution in [0.5, 0.6) is 0 Å². The topological polar surface area (TPSA) is 0 Å². The highest BCUT2D eigenvalue weighted by Gasteiger charge is 2.25. The van der Waals surface area contributed by atoms with Gasteiger partial charge in [-0.15, -0.1) is 0 Å². The van der Waals surface area contributed by atoms with Crippen LogP contribution in [-0.4, -0.2) is 6.71 Å². The Bertz CT molecular complexity index is 337. The summed E-state index contributed by atoms with van der Waals surface area (Å²) < 4.78 is 0. The maximum atomic E-state index is 2.38. The number of benzene rings is 1. The van der Waals surface area contributed by atoms with Crippen molar-refractivity contribution in [3.05, 3.63) is 41.5 Å². The lowest BCUT2D eigenvalue weighted by Gasteiger charge is -2.17. The minimum absolute atomic E-state index is 0.668. The van der Waals surface area contributed by atoms with Crippen molar-refractivity contribution in [2.45, 2.75) is 32.3 Å². The van der Waals surface area contributed by atoms with Crippen LogP contribution in [0.2, 0.25) is 12.6 Å². The van der Waals surface area contributed by atoms with Crippen molar-refractivity contribution >= 4 is 12.8 Å². The zero-order valence-electron chi connectivity index (χ0n) is 9.03. The molecule has 14 heavy (non-hydrogen) atoms. The molecule has 1 unspecified atom stereocenters. The third-order valence-electron chi connectivity index (χ3n) is 3.39. The summed E-state index contributed by atoms with van der Waals surface area (Å²) in [5, 5.41) is 0. The largest absolute Gasteiger partial charge is 0.152 e. The van der Waals surface area contributed by atoms with Gasteiger partial charge >= 0.3 is 0 Å². The number of fused-ring (bicyclic) bond motifs is 1. The molecule has 0 aromatic heterocycles. The van der Waals surface area contributed by atoms with E-state index in [9.17, 15) is 0 Å². The van der Waals surface area contributed by atoms with Gasteiger partial charge in [-0.3, -0.25) is 0 Å². The first-order valence-corrected chi connectivity index (χ1v) is 5.64. The Morgan fingerprint density at radius 3 is 2.57 bits per heavy atom. The monoisotopic (exact) mass is 184 g/mol. The molecule has 1 aliphatic carbocycles. The Balaban J connectivity index is 2.29. The lowest BCUT2D eigenvalue weighted by atomic mass is 9.37. The second-order valence-electron chi connectivity index (χ2n) is 4.09. The van der Waals surface area contributed by atoms with Gasteiger partial charge in [0.2, 0.25) is 0 Å². The summed E-state index contributed by atoms with van der Waals surface area (Å²) in [6, 6.07) is 8.77. The zero-order valence-corrected chi connectivity index (χ0v) is 9.03. The van der Waals surface area contributed by atoms with Gasteiger partial charge in [0.1, 0.15) is 0 Å². The summed E-state index contributed by atoms with van der Waals surface area (Å²) >= 11 is 0. The van der Waals surface area contributed by atoms with Crippen LogP contribution in [0.25, 0.3) is 6.08 Å². The van der Waals surface area contributed by atoms with Crippen LogP contribution < -0.4 is 0 Å². The smallest absolute Gasteiger partial charge is 0.0837 e. The van der Waals surface area contributed by atoms with E-state index in [1.165, 1.54) is 23.8 Å². The molecule has 1 heteroatoms. The van der Waals surface area contributed by atoms with Gasteiger partial charge in [0.25, 0.3) is 0 Å². The molecule has 0 saturated carbocycles. The van der Waals surface area contributed by atoms with Crippen LogP contribution in [0.1, 0.15) is 30.8 Å². The van der Waals surface area contributed by atoms with Crippen molar-refractivity contribution in [2.24, 2.45) is 0 Å². The molecule has 72 valence electrons. The fourth-order valence-corrected chi connectivity index (χ4v) is 2.48. The van der Waals surface area contributed by atoms with E-state index in [1.807, 2.05) is 0 Å². The number of rotatable bonds is 3. The summed E-state index contributed by atoms with van der Waals surface area (Å²) in [4.78, 5) is 0. The molecule has 2 rings (SSSR count). The van der Waals surface area contributed by atoms with E-state index in [1.54, 1.807) is 0 Å². The fourth-order valence-electron chi connectivity index (χ4n) is 2.48. The molecule has 0 bridgehead atoms. The summed E-state index contributed by atoms with van der Waals surface area (Å²) in [5.41, 5.74) is 2.95. The van der Waals surface area contributed by atoms with Crippen molar-refractivity contribution in [2.75, 3.05) is 0 Å². The van der Waals surface area contributed by atoms with Crippen LogP contribution in [0.15, 0.2) is 30.3 Å². The van der Waals surface area contributed by atoms with Gasteiger partial charge in [0, 0.05) is 0 Å². The van der Waals surface area contributed by atoms with Crippen molar-refractivity contribution < 1.29 is 0 Å². The van der Waals surface area contributed by atoms with Crippen LogP contribution in [0.4, 0.5) is 0 Å². The predicted octanol–water partition coefficient (Wildman–Crippen LogP) is 3.87. The molecule has 0 nitrogen and oxygen atoms in total. The normalized spacial score (nSPS) is 18.3. The molecule has 0 heterocycles. The second-order valence-corrected chi connectivity index (χ2v) is 4.09. The minimum Gasteiger partial charge on any atom is -0.0837 e. The van der Waals surface area contributed by atoms with Crippen molar-refractivity contribution in [1.82, 2.24) is 0 Å². The Labute approximate surface area is 87.1 Å². The van der Waals surface area contributed by atoms with E-state index in [0.29, 0.717) is 5.82 Å². The van der Waals surface area contributed by atoms with Crippen LogP contribution >= 0.6 is 0 Å². The van der Waals surface area contributed by atoms with Gasteiger partial charge in [-0.2, -0.15) is 0 Å². The number of hydrogen-bond donors (Lipinski definition) is 0. The first-order valence-electron chi connectivity index (χ1n) is 5.64. The van der Waals surface area contributed by atoms with Crippen LogP contribution in [0.3, 0.4) is 0 Å². The van der Waals surface area contributed by atoms with E-state index < -0.39 is 0 Å². The van der Waals surface area contributed by atoms with Crippen molar-refractivity contribution in [3.63, 3.8) is 0 Å².